The first-order chi connectivity index (χ1) is 11.6. The summed E-state index contributed by atoms with van der Waals surface area (Å²) >= 11 is 5.99. The molecule has 0 saturated carbocycles. The molecular weight excluding hydrogens is 326 g/mol. The van der Waals surface area contributed by atoms with Crippen LogP contribution in [0.3, 0.4) is 0 Å². The van der Waals surface area contributed by atoms with Gasteiger partial charge in [0.1, 0.15) is 0 Å². The number of carbonyl (C=O) groups is 1. The van der Waals surface area contributed by atoms with Crippen LogP contribution in [0.2, 0.25) is 5.15 Å². The maximum Gasteiger partial charge on any atom is 0.322 e. The summed E-state index contributed by atoms with van der Waals surface area (Å²) in [5, 5.41) is 13.5. The van der Waals surface area contributed by atoms with Gasteiger partial charge in [-0.15, -0.1) is 0 Å². The van der Waals surface area contributed by atoms with Crippen LogP contribution in [0, 0.1) is 0 Å². The predicted molar refractivity (Wildman–Crippen MR) is 94.0 cm³/mol. The third-order valence-corrected chi connectivity index (χ3v) is 4.62. The Labute approximate surface area is 146 Å². The summed E-state index contributed by atoms with van der Waals surface area (Å²) in [5.74, 6) is 0. The molecule has 2 N–H and O–H groups in total. The van der Waals surface area contributed by atoms with E-state index in [4.69, 9.17) is 11.6 Å². The lowest BCUT2D eigenvalue weighted by molar-refractivity contribution is 0.130. The molecule has 1 fully saturated rings. The molecule has 2 aromatic rings. The Balaban J connectivity index is 1.65. The van der Waals surface area contributed by atoms with E-state index in [1.165, 1.54) is 0 Å². The number of rotatable bonds is 4. The van der Waals surface area contributed by atoms with Crippen LogP contribution in [0.25, 0.3) is 0 Å². The number of benzene rings is 1. The van der Waals surface area contributed by atoms with E-state index >= 15 is 0 Å². The third kappa shape index (κ3) is 3.86. The Morgan fingerprint density at radius 3 is 2.88 bits per heavy atom. The molecule has 2 heterocycles. The van der Waals surface area contributed by atoms with E-state index in [9.17, 15) is 9.90 Å². The average Bonchev–Trinajstić information content (AvgIpc) is 3.06. The van der Waals surface area contributed by atoms with Crippen molar-refractivity contribution in [3.63, 3.8) is 0 Å². The summed E-state index contributed by atoms with van der Waals surface area (Å²) in [6.07, 6.45) is 3.34. The molecule has 1 saturated heterocycles. The topological polar surface area (TPSA) is 65.5 Å². The summed E-state index contributed by atoms with van der Waals surface area (Å²) < 4.78 is 0. The fraction of sp³-hybridized carbons (Fsp3) is 0.333. The van der Waals surface area contributed by atoms with Gasteiger partial charge in [0.2, 0.25) is 0 Å². The minimum atomic E-state index is -0.577. The van der Waals surface area contributed by atoms with E-state index in [0.29, 0.717) is 18.7 Å². The smallest absolute Gasteiger partial charge is 0.322 e. The van der Waals surface area contributed by atoms with Gasteiger partial charge in [0.25, 0.3) is 0 Å². The summed E-state index contributed by atoms with van der Waals surface area (Å²) in [6, 6.07) is 12.8. The van der Waals surface area contributed by atoms with Crippen molar-refractivity contribution in [2.45, 2.75) is 31.4 Å². The number of nitrogens with zero attached hydrogens (tertiary/aromatic N) is 2. The number of anilines is 1. The number of aliphatic hydroxyl groups excluding tert-OH is 1. The number of hydrogen-bond donors (Lipinski definition) is 2. The van der Waals surface area contributed by atoms with Crippen LogP contribution in [-0.2, 0) is 0 Å². The lowest BCUT2D eigenvalue weighted by atomic mass is 10.0. The van der Waals surface area contributed by atoms with Crippen LogP contribution >= 0.6 is 11.6 Å². The van der Waals surface area contributed by atoms with Crippen LogP contribution < -0.4 is 5.32 Å². The van der Waals surface area contributed by atoms with Crippen molar-refractivity contribution < 1.29 is 9.90 Å². The van der Waals surface area contributed by atoms with Crippen LogP contribution in [-0.4, -0.2) is 33.6 Å². The number of aliphatic hydroxyl groups is 1. The second-order valence-electron chi connectivity index (χ2n) is 5.92. The summed E-state index contributed by atoms with van der Waals surface area (Å²) in [7, 11) is 0. The second kappa shape index (κ2) is 7.64. The molecule has 2 amide bonds. The number of nitrogens with one attached hydrogen (secondary N) is 1. The molecule has 0 bridgehead atoms. The van der Waals surface area contributed by atoms with E-state index in [1.807, 2.05) is 30.3 Å². The zero-order chi connectivity index (χ0) is 16.9. The second-order valence-corrected chi connectivity index (χ2v) is 6.28. The number of amides is 2. The van der Waals surface area contributed by atoms with E-state index in [1.54, 1.807) is 23.2 Å². The molecule has 5 nitrogen and oxygen atoms in total. The highest BCUT2D eigenvalue weighted by molar-refractivity contribution is 6.32. The first-order valence-corrected chi connectivity index (χ1v) is 8.44. The van der Waals surface area contributed by atoms with Gasteiger partial charge < -0.3 is 15.3 Å². The standard InChI is InChI=1S/C18H20ClN3O2/c19-17-15(9-4-10-20-17)21-18(24)22-11-5-8-14(22)12-16(23)13-6-2-1-3-7-13/h1-4,6-7,9-10,14,16,23H,5,8,11-12H2,(H,21,24)/t14-,16+/m1/s1. The average molecular weight is 346 g/mol. The maximum atomic E-state index is 12.5. The van der Waals surface area contributed by atoms with Gasteiger partial charge in [-0.3, -0.25) is 0 Å². The van der Waals surface area contributed by atoms with E-state index in [-0.39, 0.29) is 17.2 Å². The van der Waals surface area contributed by atoms with Gasteiger partial charge in [-0.1, -0.05) is 41.9 Å². The molecule has 1 aromatic heterocycles. The maximum absolute atomic E-state index is 12.5. The molecular formula is C18H20ClN3O2. The van der Waals surface area contributed by atoms with Crippen molar-refractivity contribution in [2.75, 3.05) is 11.9 Å². The minimum absolute atomic E-state index is 0.00986. The highest BCUT2D eigenvalue weighted by atomic mass is 35.5. The Morgan fingerprint density at radius 1 is 1.33 bits per heavy atom. The van der Waals surface area contributed by atoms with Gasteiger partial charge in [-0.05, 0) is 37.0 Å². The fourth-order valence-corrected chi connectivity index (χ4v) is 3.25. The molecule has 24 heavy (non-hydrogen) atoms. The summed E-state index contributed by atoms with van der Waals surface area (Å²) in [4.78, 5) is 18.3. The fourth-order valence-electron chi connectivity index (χ4n) is 3.08. The predicted octanol–water partition coefficient (Wildman–Crippen LogP) is 3.86. The zero-order valence-corrected chi connectivity index (χ0v) is 14.0. The molecule has 1 aliphatic heterocycles. The van der Waals surface area contributed by atoms with Crippen LogP contribution in [0.15, 0.2) is 48.7 Å². The third-order valence-electron chi connectivity index (χ3n) is 4.32. The SMILES string of the molecule is O=C(Nc1cccnc1Cl)N1CCC[C@@H]1C[C@H](O)c1ccccc1. The van der Waals surface area contributed by atoms with Crippen molar-refractivity contribution in [2.24, 2.45) is 0 Å². The highest BCUT2D eigenvalue weighted by Crippen LogP contribution is 2.28. The summed E-state index contributed by atoms with van der Waals surface area (Å²) in [5.41, 5.74) is 1.37. The van der Waals surface area contributed by atoms with Crippen molar-refractivity contribution in [1.29, 1.82) is 0 Å². The highest BCUT2D eigenvalue weighted by Gasteiger charge is 2.31. The molecule has 126 valence electrons. The molecule has 1 aliphatic rings. The molecule has 0 spiro atoms. The van der Waals surface area contributed by atoms with Crippen molar-refractivity contribution in [3.8, 4) is 0 Å². The first-order valence-electron chi connectivity index (χ1n) is 8.06. The Bertz CT molecular complexity index is 696. The van der Waals surface area contributed by atoms with Gasteiger partial charge in [-0.2, -0.15) is 0 Å². The monoisotopic (exact) mass is 345 g/mol. The van der Waals surface area contributed by atoms with Gasteiger partial charge >= 0.3 is 6.03 Å². The van der Waals surface area contributed by atoms with E-state index in [2.05, 4.69) is 10.3 Å². The Hall–Kier alpha value is -2.11. The quantitative estimate of drug-likeness (QED) is 0.827. The molecule has 3 rings (SSSR count). The van der Waals surface area contributed by atoms with Crippen LogP contribution in [0.1, 0.15) is 30.9 Å². The lowest BCUT2D eigenvalue weighted by Gasteiger charge is -2.27. The van der Waals surface area contributed by atoms with Crippen LogP contribution in [0.4, 0.5) is 10.5 Å². The molecule has 6 heteroatoms. The zero-order valence-electron chi connectivity index (χ0n) is 13.2. The van der Waals surface area contributed by atoms with Crippen LogP contribution in [0.5, 0.6) is 0 Å². The molecule has 0 unspecified atom stereocenters. The lowest BCUT2D eigenvalue weighted by Crippen LogP contribution is -2.39. The summed E-state index contributed by atoms with van der Waals surface area (Å²) in [6.45, 7) is 0.676. The molecule has 0 aliphatic carbocycles. The molecule has 1 aromatic carbocycles. The Kier molecular flexibility index (Phi) is 5.33. The molecule has 0 radical (unpaired) electrons. The number of hydrogen-bond acceptors (Lipinski definition) is 3. The van der Waals surface area contributed by atoms with Crippen molar-refractivity contribution in [3.05, 3.63) is 59.4 Å². The van der Waals surface area contributed by atoms with Gasteiger partial charge in [-0.25, -0.2) is 9.78 Å². The normalized spacial score (nSPS) is 18.4. The first kappa shape index (κ1) is 16.7. The van der Waals surface area contributed by atoms with E-state index in [0.717, 1.165) is 18.4 Å². The number of pyridine rings is 1. The number of aromatic nitrogens is 1. The van der Waals surface area contributed by atoms with Crippen molar-refractivity contribution >= 4 is 23.3 Å². The number of likely N-dealkylation sites (tertiary alicyclic amines) is 1. The van der Waals surface area contributed by atoms with Gasteiger partial charge in [0.15, 0.2) is 5.15 Å². The number of halogens is 1. The molecule has 2 atom stereocenters. The minimum Gasteiger partial charge on any atom is -0.388 e. The number of urea groups is 1. The Morgan fingerprint density at radius 2 is 2.12 bits per heavy atom. The largest absolute Gasteiger partial charge is 0.388 e. The number of carbonyl (C=O) groups excluding carboxylic acids is 1. The van der Waals surface area contributed by atoms with Crippen molar-refractivity contribution in [1.82, 2.24) is 9.88 Å². The van der Waals surface area contributed by atoms with Gasteiger partial charge in [0.05, 0.1) is 11.8 Å². The van der Waals surface area contributed by atoms with Gasteiger partial charge in [0, 0.05) is 18.8 Å². The van der Waals surface area contributed by atoms with E-state index < -0.39 is 6.10 Å².